The number of fused-ring (bicyclic) bond motifs is 2. The molecule has 4 rings (SSSR count). The molecule has 0 atom stereocenters. The zero-order valence-corrected chi connectivity index (χ0v) is 17.2. The molecule has 1 aliphatic heterocycles. The van der Waals surface area contributed by atoms with Gasteiger partial charge in [-0.2, -0.15) is 0 Å². The van der Waals surface area contributed by atoms with Crippen LogP contribution in [0.25, 0.3) is 16.6 Å². The highest BCUT2D eigenvalue weighted by Gasteiger charge is 2.35. The van der Waals surface area contributed by atoms with E-state index in [1.54, 1.807) is 6.20 Å². The second-order valence-electron chi connectivity index (χ2n) is 8.80. The van der Waals surface area contributed by atoms with E-state index in [-0.39, 0.29) is 11.3 Å². The number of carbonyl (C=O) groups is 1. The molecule has 0 saturated heterocycles. The highest BCUT2D eigenvalue weighted by atomic mass is 16.2. The molecule has 3 nitrogen and oxygen atoms in total. The smallest absolute Gasteiger partial charge is 0.263 e. The van der Waals surface area contributed by atoms with Crippen LogP contribution in [0, 0.1) is 5.92 Å². The number of carbonyl (C=O) groups excluding carboxylic acids is 1. The molecule has 3 aromatic rings. The minimum Gasteiger partial charge on any atom is -0.274 e. The molecule has 2 heterocycles. The molecule has 0 fully saturated rings. The Hall–Kier alpha value is -2.94. The van der Waals surface area contributed by atoms with Gasteiger partial charge in [-0.05, 0) is 41.2 Å². The van der Waals surface area contributed by atoms with Crippen molar-refractivity contribution < 1.29 is 4.79 Å². The Morgan fingerprint density at radius 1 is 1.00 bits per heavy atom. The number of allylic oxidation sites excluding steroid dienone is 1. The van der Waals surface area contributed by atoms with Crippen molar-refractivity contribution in [1.29, 1.82) is 0 Å². The number of benzene rings is 2. The highest BCUT2D eigenvalue weighted by molar-refractivity contribution is 6.24. The molecule has 2 aromatic carbocycles. The lowest BCUT2D eigenvalue weighted by atomic mass is 9.85. The van der Waals surface area contributed by atoms with E-state index >= 15 is 0 Å². The van der Waals surface area contributed by atoms with Gasteiger partial charge in [-0.3, -0.25) is 14.7 Å². The Morgan fingerprint density at radius 3 is 2.46 bits per heavy atom. The van der Waals surface area contributed by atoms with Gasteiger partial charge in [-0.15, -0.1) is 0 Å². The summed E-state index contributed by atoms with van der Waals surface area (Å²) in [6.07, 6.45) is 3.96. The summed E-state index contributed by atoms with van der Waals surface area (Å²) in [5, 5.41) is 1.03. The largest absolute Gasteiger partial charge is 0.274 e. The monoisotopic (exact) mass is 370 g/mol. The molecule has 0 bridgehead atoms. The van der Waals surface area contributed by atoms with Gasteiger partial charge in [0.05, 0.1) is 16.9 Å². The van der Waals surface area contributed by atoms with E-state index in [4.69, 9.17) is 0 Å². The van der Waals surface area contributed by atoms with Crippen LogP contribution in [-0.4, -0.2) is 10.9 Å². The average Bonchev–Trinajstić information content (AvgIpc) is 2.91. The fourth-order valence-electron chi connectivity index (χ4n) is 3.75. The third-order valence-electron chi connectivity index (χ3n) is 5.18. The van der Waals surface area contributed by atoms with Crippen LogP contribution in [0.1, 0.15) is 56.1 Å². The summed E-state index contributed by atoms with van der Waals surface area (Å²) < 4.78 is 0. The van der Waals surface area contributed by atoms with Gasteiger partial charge in [0.2, 0.25) is 0 Å². The zero-order valence-electron chi connectivity index (χ0n) is 17.2. The molecule has 3 heteroatoms. The fourth-order valence-corrected chi connectivity index (χ4v) is 3.75. The number of aromatic nitrogens is 1. The molecule has 0 spiro atoms. The van der Waals surface area contributed by atoms with E-state index in [9.17, 15) is 4.79 Å². The van der Waals surface area contributed by atoms with Crippen molar-refractivity contribution in [2.75, 3.05) is 4.90 Å². The molecule has 1 aliphatic rings. The van der Waals surface area contributed by atoms with Gasteiger partial charge in [-0.25, -0.2) is 0 Å². The summed E-state index contributed by atoms with van der Waals surface area (Å²) in [4.78, 5) is 19.9. The van der Waals surface area contributed by atoms with Crippen molar-refractivity contribution in [2.24, 2.45) is 5.92 Å². The molecule has 1 amide bonds. The first-order valence-electron chi connectivity index (χ1n) is 9.82. The van der Waals surface area contributed by atoms with Crippen LogP contribution in [-0.2, 0) is 5.41 Å². The molecule has 0 unspecified atom stereocenters. The van der Waals surface area contributed by atoms with Crippen molar-refractivity contribution in [3.63, 3.8) is 0 Å². The first-order valence-corrected chi connectivity index (χ1v) is 9.82. The van der Waals surface area contributed by atoms with Crippen molar-refractivity contribution in [3.05, 3.63) is 77.5 Å². The summed E-state index contributed by atoms with van der Waals surface area (Å²) >= 11 is 0. The predicted octanol–water partition coefficient (Wildman–Crippen LogP) is 6.19. The van der Waals surface area contributed by atoms with E-state index in [2.05, 4.69) is 57.8 Å². The number of hydrogen-bond acceptors (Lipinski definition) is 2. The Balaban J connectivity index is 1.96. The van der Waals surface area contributed by atoms with E-state index in [0.717, 1.165) is 33.4 Å². The van der Waals surface area contributed by atoms with Gasteiger partial charge in [0, 0.05) is 22.7 Å². The minimum absolute atomic E-state index is 0.0144. The lowest BCUT2D eigenvalue weighted by Gasteiger charge is -2.22. The maximum Gasteiger partial charge on any atom is 0.263 e. The second-order valence-corrected chi connectivity index (χ2v) is 8.80. The fraction of sp³-hybridized carbons (Fsp3) is 0.280. The summed E-state index contributed by atoms with van der Waals surface area (Å²) in [5.74, 6) is 0.331. The maximum absolute atomic E-state index is 13.5. The van der Waals surface area contributed by atoms with Crippen LogP contribution >= 0.6 is 0 Å². The number of amides is 1. The number of para-hydroxylation sites is 1. The van der Waals surface area contributed by atoms with Gasteiger partial charge < -0.3 is 0 Å². The molecular formula is C25H26N2O. The Bertz CT molecular complexity index is 1100. The second kappa shape index (κ2) is 6.59. The number of hydrogen-bond donors (Lipinski definition) is 0. The Morgan fingerprint density at radius 2 is 1.75 bits per heavy atom. The van der Waals surface area contributed by atoms with E-state index < -0.39 is 0 Å². The van der Waals surface area contributed by atoms with Crippen LogP contribution in [0.3, 0.4) is 0 Å². The molecule has 0 N–H and O–H groups in total. The van der Waals surface area contributed by atoms with Crippen LogP contribution in [0.5, 0.6) is 0 Å². The van der Waals surface area contributed by atoms with Crippen LogP contribution < -0.4 is 4.90 Å². The van der Waals surface area contributed by atoms with Gasteiger partial charge >= 0.3 is 0 Å². The predicted molar refractivity (Wildman–Crippen MR) is 117 cm³/mol. The summed E-state index contributed by atoms with van der Waals surface area (Å²) in [6, 6.07) is 16.2. The molecule has 0 aliphatic carbocycles. The summed E-state index contributed by atoms with van der Waals surface area (Å²) in [6.45, 7) is 10.9. The SMILES string of the molecule is CC(C)/C=C1\c2cc(C(C)(C)C)ccc2C(=O)N1c1cccc2cccnc12. The zero-order chi connectivity index (χ0) is 20.1. The minimum atomic E-state index is 0.0144. The van der Waals surface area contributed by atoms with Crippen molar-refractivity contribution in [1.82, 2.24) is 4.98 Å². The van der Waals surface area contributed by atoms with Crippen LogP contribution in [0.15, 0.2) is 60.8 Å². The molecule has 142 valence electrons. The number of nitrogens with zero attached hydrogens (tertiary/aromatic N) is 2. The summed E-state index contributed by atoms with van der Waals surface area (Å²) in [7, 11) is 0. The quantitative estimate of drug-likeness (QED) is 0.539. The molecular weight excluding hydrogens is 344 g/mol. The summed E-state index contributed by atoms with van der Waals surface area (Å²) in [5.41, 5.74) is 5.66. The van der Waals surface area contributed by atoms with Crippen molar-refractivity contribution in [2.45, 2.75) is 40.0 Å². The van der Waals surface area contributed by atoms with E-state index in [1.807, 2.05) is 41.3 Å². The van der Waals surface area contributed by atoms with Gasteiger partial charge in [-0.1, -0.05) is 65.0 Å². The third-order valence-corrected chi connectivity index (χ3v) is 5.18. The molecule has 1 aromatic heterocycles. The molecule has 0 radical (unpaired) electrons. The molecule has 0 saturated carbocycles. The first kappa shape index (κ1) is 18.4. The van der Waals surface area contributed by atoms with Crippen molar-refractivity contribution >= 4 is 28.2 Å². The van der Waals surface area contributed by atoms with Crippen LogP contribution in [0.2, 0.25) is 0 Å². The lowest BCUT2D eigenvalue weighted by Crippen LogP contribution is -2.23. The standard InChI is InChI=1S/C25H26N2O/c1-16(2)14-22-20-15-18(25(3,4)5)11-12-19(20)24(28)27(22)21-10-6-8-17-9-7-13-26-23(17)21/h6-16H,1-5H3/b22-14+. The topological polar surface area (TPSA) is 33.2 Å². The average molecular weight is 370 g/mol. The third kappa shape index (κ3) is 3.01. The van der Waals surface area contributed by atoms with Crippen LogP contribution in [0.4, 0.5) is 5.69 Å². The lowest BCUT2D eigenvalue weighted by molar-refractivity contribution is 0.101. The van der Waals surface area contributed by atoms with Crippen molar-refractivity contribution in [3.8, 4) is 0 Å². The number of pyridine rings is 1. The maximum atomic E-state index is 13.5. The van der Waals surface area contributed by atoms with Gasteiger partial charge in [0.1, 0.15) is 0 Å². The van der Waals surface area contributed by atoms with Gasteiger partial charge in [0.25, 0.3) is 5.91 Å². The Kier molecular flexibility index (Phi) is 4.34. The van der Waals surface area contributed by atoms with E-state index in [0.29, 0.717) is 5.92 Å². The Labute approximate surface area is 166 Å². The van der Waals surface area contributed by atoms with E-state index in [1.165, 1.54) is 5.56 Å². The normalized spacial score (nSPS) is 15.7. The first-order chi connectivity index (χ1) is 13.3. The number of anilines is 1. The molecule has 28 heavy (non-hydrogen) atoms. The number of rotatable bonds is 2. The van der Waals surface area contributed by atoms with Gasteiger partial charge in [0.15, 0.2) is 0 Å². The highest BCUT2D eigenvalue weighted by Crippen LogP contribution is 2.41.